The summed E-state index contributed by atoms with van der Waals surface area (Å²) in [6.45, 7) is 4.56. The lowest BCUT2D eigenvalue weighted by Crippen LogP contribution is -2.32. The normalized spacial score (nSPS) is 27.1. The van der Waals surface area contributed by atoms with Gasteiger partial charge in [-0.25, -0.2) is 0 Å². The Morgan fingerprint density at radius 1 is 1.37 bits per heavy atom. The van der Waals surface area contributed by atoms with E-state index in [1.807, 2.05) is 31.2 Å². The summed E-state index contributed by atoms with van der Waals surface area (Å²) < 4.78 is 5.48. The fraction of sp³-hybridized carbons (Fsp3) is 0.500. The van der Waals surface area contributed by atoms with E-state index in [4.69, 9.17) is 4.74 Å². The predicted molar refractivity (Wildman–Crippen MR) is 76.0 cm³/mol. The third-order valence-electron chi connectivity index (χ3n) is 3.82. The number of hydrogen-bond acceptors (Lipinski definition) is 3. The highest BCUT2D eigenvalue weighted by atomic mass is 35.5. The van der Waals surface area contributed by atoms with E-state index in [0.29, 0.717) is 35.8 Å². The Labute approximate surface area is 119 Å². The van der Waals surface area contributed by atoms with Crippen molar-refractivity contribution in [2.45, 2.75) is 13.0 Å². The molecule has 1 aromatic carbocycles. The number of rotatable bonds is 4. The van der Waals surface area contributed by atoms with Gasteiger partial charge in [0.15, 0.2) is 0 Å². The van der Waals surface area contributed by atoms with E-state index < -0.39 is 0 Å². The van der Waals surface area contributed by atoms with Crippen LogP contribution in [0.15, 0.2) is 24.3 Å². The molecule has 3 rings (SSSR count). The van der Waals surface area contributed by atoms with E-state index in [1.165, 1.54) is 0 Å². The first-order valence-electron chi connectivity index (χ1n) is 6.54. The first-order chi connectivity index (χ1) is 8.81. The lowest BCUT2D eigenvalue weighted by molar-refractivity contribution is 0.0943. The second-order valence-electron chi connectivity index (χ2n) is 4.91. The molecule has 4 nitrogen and oxygen atoms in total. The molecule has 5 heteroatoms. The van der Waals surface area contributed by atoms with Crippen molar-refractivity contribution < 1.29 is 9.53 Å². The largest absolute Gasteiger partial charge is 0.493 e. The van der Waals surface area contributed by atoms with Crippen molar-refractivity contribution >= 4 is 18.3 Å². The van der Waals surface area contributed by atoms with Crippen LogP contribution in [0.25, 0.3) is 0 Å². The van der Waals surface area contributed by atoms with Crippen LogP contribution in [0.5, 0.6) is 5.75 Å². The molecular formula is C14H19ClN2O2. The molecule has 2 fully saturated rings. The first kappa shape index (κ1) is 14.2. The number of hydrogen-bond donors (Lipinski definition) is 2. The molecule has 1 saturated heterocycles. The number of ether oxygens (including phenoxy) is 1. The van der Waals surface area contributed by atoms with Gasteiger partial charge in [-0.05, 0) is 30.9 Å². The summed E-state index contributed by atoms with van der Waals surface area (Å²) in [5, 5.41) is 6.43. The summed E-state index contributed by atoms with van der Waals surface area (Å²) in [4.78, 5) is 12.2. The van der Waals surface area contributed by atoms with Crippen LogP contribution < -0.4 is 15.4 Å². The van der Waals surface area contributed by atoms with Crippen molar-refractivity contribution in [1.29, 1.82) is 0 Å². The smallest absolute Gasteiger partial charge is 0.255 e. The van der Waals surface area contributed by atoms with Crippen LogP contribution >= 0.6 is 12.4 Å². The maximum Gasteiger partial charge on any atom is 0.255 e. The van der Waals surface area contributed by atoms with Crippen LogP contribution in [0.1, 0.15) is 17.3 Å². The second-order valence-corrected chi connectivity index (χ2v) is 4.91. The van der Waals surface area contributed by atoms with Crippen LogP contribution in [0.3, 0.4) is 0 Å². The van der Waals surface area contributed by atoms with Crippen molar-refractivity contribution in [3.8, 4) is 5.75 Å². The number of carbonyl (C=O) groups is 1. The summed E-state index contributed by atoms with van der Waals surface area (Å²) in [7, 11) is 0. The highest BCUT2D eigenvalue weighted by Crippen LogP contribution is 2.41. The molecule has 0 radical (unpaired) electrons. The van der Waals surface area contributed by atoms with E-state index in [0.717, 1.165) is 13.1 Å². The van der Waals surface area contributed by atoms with Crippen molar-refractivity contribution in [2.75, 3.05) is 19.7 Å². The average molecular weight is 283 g/mol. The Hall–Kier alpha value is -1.26. The molecule has 1 heterocycles. The molecule has 0 bridgehead atoms. The zero-order valence-electron chi connectivity index (χ0n) is 10.9. The predicted octanol–water partition coefficient (Wildman–Crippen LogP) is 1.45. The van der Waals surface area contributed by atoms with Crippen LogP contribution in [0.2, 0.25) is 0 Å². The third-order valence-corrected chi connectivity index (χ3v) is 3.82. The number of nitrogens with one attached hydrogen (secondary N) is 2. The summed E-state index contributed by atoms with van der Waals surface area (Å²) in [5.41, 5.74) is 0.636. The van der Waals surface area contributed by atoms with Gasteiger partial charge in [-0.2, -0.15) is 0 Å². The van der Waals surface area contributed by atoms with E-state index in [2.05, 4.69) is 10.6 Å². The number of fused-ring (bicyclic) bond motifs is 1. The number of carbonyl (C=O) groups excluding carboxylic acids is 1. The Morgan fingerprint density at radius 3 is 2.74 bits per heavy atom. The fourth-order valence-electron chi connectivity index (χ4n) is 2.80. The van der Waals surface area contributed by atoms with Gasteiger partial charge >= 0.3 is 0 Å². The van der Waals surface area contributed by atoms with Gasteiger partial charge in [0.25, 0.3) is 5.91 Å². The minimum atomic E-state index is -0.0153. The molecule has 1 saturated carbocycles. The van der Waals surface area contributed by atoms with Crippen molar-refractivity contribution in [3.63, 3.8) is 0 Å². The van der Waals surface area contributed by atoms with Crippen LogP contribution in [0, 0.1) is 11.8 Å². The minimum absolute atomic E-state index is 0. The molecule has 1 aliphatic heterocycles. The molecule has 1 amide bonds. The maximum atomic E-state index is 12.2. The SMILES string of the molecule is CCOc1ccccc1C(=O)NC1C2CNCC21.Cl. The van der Waals surface area contributed by atoms with Crippen LogP contribution in [-0.4, -0.2) is 31.6 Å². The standard InChI is InChI=1S/C14H18N2O2.ClH/c1-2-18-12-6-4-3-5-9(12)14(17)16-13-10-7-15-8-11(10)13;/h3-6,10-11,13,15H,2,7-8H2,1H3,(H,16,17);1H. The molecule has 2 atom stereocenters. The Balaban J connectivity index is 0.00000133. The summed E-state index contributed by atoms with van der Waals surface area (Å²) in [6.07, 6.45) is 0. The Bertz CT molecular complexity index is 457. The van der Waals surface area contributed by atoms with Gasteiger partial charge in [0.2, 0.25) is 0 Å². The van der Waals surface area contributed by atoms with Crippen LogP contribution in [-0.2, 0) is 0 Å². The zero-order chi connectivity index (χ0) is 12.5. The lowest BCUT2D eigenvalue weighted by Gasteiger charge is -2.11. The van der Waals surface area contributed by atoms with Gasteiger partial charge in [0.1, 0.15) is 5.75 Å². The highest BCUT2D eigenvalue weighted by molar-refractivity contribution is 5.97. The average Bonchev–Trinajstić information content (AvgIpc) is 2.83. The van der Waals surface area contributed by atoms with Gasteiger partial charge in [-0.3, -0.25) is 4.79 Å². The fourth-order valence-corrected chi connectivity index (χ4v) is 2.80. The molecule has 19 heavy (non-hydrogen) atoms. The quantitative estimate of drug-likeness (QED) is 0.879. The molecule has 1 aliphatic carbocycles. The summed E-state index contributed by atoms with van der Waals surface area (Å²) >= 11 is 0. The number of halogens is 1. The van der Waals surface area contributed by atoms with E-state index in [9.17, 15) is 4.79 Å². The Kier molecular flexibility index (Phi) is 4.32. The maximum absolute atomic E-state index is 12.2. The van der Waals surface area contributed by atoms with Crippen LogP contribution in [0.4, 0.5) is 0 Å². The van der Waals surface area contributed by atoms with Gasteiger partial charge in [0.05, 0.1) is 12.2 Å². The topological polar surface area (TPSA) is 50.4 Å². The lowest BCUT2D eigenvalue weighted by atomic mass is 10.2. The number of benzene rings is 1. The Morgan fingerprint density at radius 2 is 2.05 bits per heavy atom. The van der Waals surface area contributed by atoms with Gasteiger partial charge in [-0.1, -0.05) is 12.1 Å². The van der Waals surface area contributed by atoms with Gasteiger partial charge < -0.3 is 15.4 Å². The molecule has 2 N–H and O–H groups in total. The number of para-hydroxylation sites is 1. The molecule has 0 aromatic heterocycles. The van der Waals surface area contributed by atoms with E-state index in [1.54, 1.807) is 0 Å². The highest BCUT2D eigenvalue weighted by Gasteiger charge is 2.53. The van der Waals surface area contributed by atoms with Gasteiger partial charge in [0, 0.05) is 19.1 Å². The minimum Gasteiger partial charge on any atom is -0.493 e. The second kappa shape index (κ2) is 5.80. The molecule has 104 valence electrons. The number of piperidine rings is 1. The van der Waals surface area contributed by atoms with Crippen molar-refractivity contribution in [2.24, 2.45) is 11.8 Å². The van der Waals surface area contributed by atoms with Gasteiger partial charge in [-0.15, -0.1) is 12.4 Å². The van der Waals surface area contributed by atoms with E-state index in [-0.39, 0.29) is 18.3 Å². The summed E-state index contributed by atoms with van der Waals surface area (Å²) in [5.74, 6) is 1.92. The first-order valence-corrected chi connectivity index (χ1v) is 6.54. The molecular weight excluding hydrogens is 264 g/mol. The number of amides is 1. The molecule has 2 unspecified atom stereocenters. The molecule has 1 aromatic rings. The zero-order valence-corrected chi connectivity index (χ0v) is 11.7. The summed E-state index contributed by atoms with van der Waals surface area (Å²) in [6, 6.07) is 7.77. The monoisotopic (exact) mass is 282 g/mol. The molecule has 0 spiro atoms. The molecule has 2 aliphatic rings. The third kappa shape index (κ3) is 2.69. The van der Waals surface area contributed by atoms with Crippen molar-refractivity contribution in [3.05, 3.63) is 29.8 Å². The van der Waals surface area contributed by atoms with E-state index >= 15 is 0 Å². The van der Waals surface area contributed by atoms with Crippen molar-refractivity contribution in [1.82, 2.24) is 10.6 Å².